The van der Waals surface area contributed by atoms with Gasteiger partial charge in [-0.05, 0) is 12.8 Å². The van der Waals surface area contributed by atoms with Gasteiger partial charge in [-0.2, -0.15) is 0 Å². The van der Waals surface area contributed by atoms with Gasteiger partial charge in [0.1, 0.15) is 48.8 Å². The highest BCUT2D eigenvalue weighted by molar-refractivity contribution is 5.89. The van der Waals surface area contributed by atoms with E-state index in [0.29, 0.717) is 18.4 Å². The molecule has 1 saturated carbocycles. The van der Waals surface area contributed by atoms with Crippen LogP contribution in [-0.4, -0.2) is 128 Å². The van der Waals surface area contributed by atoms with E-state index in [0.717, 1.165) is 6.26 Å². The van der Waals surface area contributed by atoms with E-state index >= 15 is 0 Å². The zero-order valence-corrected chi connectivity index (χ0v) is 19.1. The molecule has 36 heavy (non-hydrogen) atoms. The average Bonchev–Trinajstić information content (AvgIpc) is 3.26. The van der Waals surface area contributed by atoms with E-state index in [1.165, 1.54) is 0 Å². The lowest BCUT2D eigenvalue weighted by atomic mass is 9.85. The number of aliphatic hydroxyl groups is 8. The summed E-state index contributed by atoms with van der Waals surface area (Å²) in [5.74, 6) is -2.05. The second-order valence-electron chi connectivity index (χ2n) is 9.34. The normalized spacial score (nSPS) is 47.1. The Morgan fingerprint density at radius 3 is 2.00 bits per heavy atom. The molecule has 0 aromatic carbocycles. The van der Waals surface area contributed by atoms with Crippen LogP contribution >= 0.6 is 0 Å². The van der Waals surface area contributed by atoms with Gasteiger partial charge in [-0.1, -0.05) is 12.2 Å². The van der Waals surface area contributed by atoms with Gasteiger partial charge >= 0.3 is 5.97 Å². The molecule has 14 nitrogen and oxygen atoms in total. The first kappa shape index (κ1) is 27.3. The van der Waals surface area contributed by atoms with Crippen molar-refractivity contribution in [3.8, 4) is 0 Å². The van der Waals surface area contributed by atoms with E-state index in [4.69, 9.17) is 23.7 Å². The first-order valence-electron chi connectivity index (χ1n) is 11.6. The van der Waals surface area contributed by atoms with Gasteiger partial charge in [-0.15, -0.1) is 0 Å². The van der Waals surface area contributed by atoms with Crippen LogP contribution in [0.3, 0.4) is 0 Å². The Labute approximate surface area is 205 Å². The topological polar surface area (TPSA) is 225 Å². The van der Waals surface area contributed by atoms with Crippen molar-refractivity contribution >= 4 is 5.97 Å². The summed E-state index contributed by atoms with van der Waals surface area (Å²) >= 11 is 0. The van der Waals surface area contributed by atoms with Crippen LogP contribution in [0.15, 0.2) is 24.0 Å². The van der Waals surface area contributed by atoms with Gasteiger partial charge in [0.25, 0.3) is 0 Å². The maximum atomic E-state index is 13.0. The Bertz CT molecular complexity index is 845. The lowest BCUT2D eigenvalue weighted by Crippen LogP contribution is -2.60. The first-order chi connectivity index (χ1) is 17.1. The van der Waals surface area contributed by atoms with Crippen LogP contribution in [0, 0.1) is 11.8 Å². The molecule has 204 valence electrons. The molecule has 14 heteroatoms. The monoisotopic (exact) mass is 520 g/mol. The van der Waals surface area contributed by atoms with E-state index in [-0.39, 0.29) is 5.57 Å². The van der Waals surface area contributed by atoms with Gasteiger partial charge in [0.2, 0.25) is 12.6 Å². The highest BCUT2D eigenvalue weighted by atomic mass is 16.8. The van der Waals surface area contributed by atoms with Crippen LogP contribution in [-0.2, 0) is 28.5 Å². The second-order valence-corrected chi connectivity index (χ2v) is 9.34. The summed E-state index contributed by atoms with van der Waals surface area (Å²) in [5.41, 5.74) is 0.727. The van der Waals surface area contributed by atoms with Crippen LogP contribution in [0.1, 0.15) is 12.8 Å². The highest BCUT2D eigenvalue weighted by Crippen LogP contribution is 2.47. The first-order valence-corrected chi connectivity index (χ1v) is 11.6. The maximum absolute atomic E-state index is 13.0. The number of esters is 1. The summed E-state index contributed by atoms with van der Waals surface area (Å²) in [6.45, 7) is 2.67. The van der Waals surface area contributed by atoms with Crippen LogP contribution < -0.4 is 0 Å². The molecule has 4 aliphatic rings. The van der Waals surface area contributed by atoms with Gasteiger partial charge in [-0.25, -0.2) is 4.79 Å². The summed E-state index contributed by atoms with van der Waals surface area (Å²) in [6.07, 6.45) is -14.6. The highest BCUT2D eigenvalue weighted by Gasteiger charge is 2.51. The quantitative estimate of drug-likeness (QED) is 0.123. The van der Waals surface area contributed by atoms with Crippen molar-refractivity contribution in [2.24, 2.45) is 11.8 Å². The number of carbonyl (C=O) groups is 1. The predicted octanol–water partition coefficient (Wildman–Crippen LogP) is -4.03. The number of carbonyl (C=O) groups excluding carboxylic acids is 1. The smallest absolute Gasteiger partial charge is 0.339 e. The average molecular weight is 520 g/mol. The van der Waals surface area contributed by atoms with Crippen LogP contribution in [0.4, 0.5) is 0 Å². The van der Waals surface area contributed by atoms with Gasteiger partial charge in [0, 0.05) is 11.8 Å². The molecular weight excluding hydrogens is 488 g/mol. The molecule has 0 spiro atoms. The number of fused-ring (bicyclic) bond motifs is 1. The van der Waals surface area contributed by atoms with E-state index in [2.05, 4.69) is 6.58 Å². The molecule has 3 aliphatic heterocycles. The van der Waals surface area contributed by atoms with Gasteiger partial charge in [-0.3, -0.25) is 0 Å². The third kappa shape index (κ3) is 4.91. The fraction of sp³-hybridized carbons (Fsp3) is 0.773. The van der Waals surface area contributed by atoms with Crippen molar-refractivity contribution < 1.29 is 69.3 Å². The maximum Gasteiger partial charge on any atom is 0.339 e. The molecule has 3 fully saturated rings. The number of rotatable bonds is 6. The molecule has 0 radical (unpaired) electrons. The van der Waals surface area contributed by atoms with Crippen LogP contribution in [0.5, 0.6) is 0 Å². The Balaban J connectivity index is 1.47. The Morgan fingerprint density at radius 1 is 0.861 bits per heavy atom. The van der Waals surface area contributed by atoms with Crippen molar-refractivity contribution in [1.29, 1.82) is 0 Å². The fourth-order valence-corrected chi connectivity index (χ4v) is 4.98. The van der Waals surface area contributed by atoms with Crippen molar-refractivity contribution in [3.05, 3.63) is 24.0 Å². The molecule has 4 rings (SSSR count). The van der Waals surface area contributed by atoms with Gasteiger partial charge in [0.15, 0.2) is 6.29 Å². The Hall–Kier alpha value is -1.69. The van der Waals surface area contributed by atoms with Crippen LogP contribution in [0.2, 0.25) is 0 Å². The fourth-order valence-electron chi connectivity index (χ4n) is 4.98. The van der Waals surface area contributed by atoms with Crippen molar-refractivity contribution in [2.45, 2.75) is 80.5 Å². The standard InChI is InChI=1S/C22H32O14/c1-7-2-3-8-9(19(31)35-21-17(29)15(27)13(25)10(4-23)33-21)6-32-20(12(7)8)36-22-18(30)16(28)14(26)11(5-24)34-22/h6,8,10-18,20-30H,1-5H2/t8-,10-,11-,12-,13-,14-,15+,16+,17+,18+,20+,21+,22+/m1/s1. The molecule has 0 bridgehead atoms. The Morgan fingerprint density at radius 2 is 1.42 bits per heavy atom. The van der Waals surface area contributed by atoms with E-state index < -0.39 is 98.7 Å². The molecule has 0 amide bonds. The van der Waals surface area contributed by atoms with Crippen molar-refractivity contribution in [2.75, 3.05) is 13.2 Å². The van der Waals surface area contributed by atoms with E-state index in [1.807, 2.05) is 0 Å². The third-order valence-electron chi connectivity index (χ3n) is 7.13. The predicted molar refractivity (Wildman–Crippen MR) is 113 cm³/mol. The molecule has 0 unspecified atom stereocenters. The minimum atomic E-state index is -1.77. The van der Waals surface area contributed by atoms with E-state index in [9.17, 15) is 45.6 Å². The van der Waals surface area contributed by atoms with Gasteiger partial charge < -0.3 is 64.5 Å². The molecule has 2 saturated heterocycles. The molecule has 0 aromatic rings. The minimum Gasteiger partial charge on any atom is -0.471 e. The SMILES string of the molecule is C=C1CC[C@@H]2C(C(=O)O[C@@H]3O[C@H](CO)[C@@H](O)[C@H](O)[C@@H]3O)=CO[C@@H](O[C@@H]3O[C@H](CO)[C@@H](O)[C@H](O)[C@@H]3O)[C@H]12. The molecular formula is C22H32O14. The third-order valence-corrected chi connectivity index (χ3v) is 7.13. The zero-order valence-electron chi connectivity index (χ0n) is 19.1. The van der Waals surface area contributed by atoms with E-state index in [1.54, 1.807) is 0 Å². The second kappa shape index (κ2) is 11.0. The molecule has 0 aromatic heterocycles. The molecule has 1 aliphatic carbocycles. The molecule has 3 heterocycles. The zero-order chi connectivity index (χ0) is 26.3. The van der Waals surface area contributed by atoms with Crippen LogP contribution in [0.25, 0.3) is 0 Å². The minimum absolute atomic E-state index is 0.0595. The summed E-state index contributed by atoms with van der Waals surface area (Å²) in [5, 5.41) is 78.9. The Kier molecular flexibility index (Phi) is 8.33. The number of hydrogen-bond acceptors (Lipinski definition) is 14. The summed E-state index contributed by atoms with van der Waals surface area (Å²) < 4.78 is 27.2. The number of hydrogen-bond donors (Lipinski definition) is 8. The van der Waals surface area contributed by atoms with Crippen molar-refractivity contribution in [3.63, 3.8) is 0 Å². The van der Waals surface area contributed by atoms with Gasteiger partial charge in [0.05, 0.1) is 25.0 Å². The molecule has 8 N–H and O–H groups in total. The number of ether oxygens (including phenoxy) is 5. The lowest BCUT2D eigenvalue weighted by Gasteiger charge is -2.43. The summed E-state index contributed by atoms with van der Waals surface area (Å²) in [4.78, 5) is 13.0. The van der Waals surface area contributed by atoms with Crippen molar-refractivity contribution in [1.82, 2.24) is 0 Å². The number of aliphatic hydroxyl groups excluding tert-OH is 8. The largest absolute Gasteiger partial charge is 0.471 e. The summed E-state index contributed by atoms with van der Waals surface area (Å²) in [6, 6.07) is 0. The summed E-state index contributed by atoms with van der Waals surface area (Å²) in [7, 11) is 0. The lowest BCUT2D eigenvalue weighted by molar-refractivity contribution is -0.339. The molecule has 13 atom stereocenters.